The first-order valence-corrected chi connectivity index (χ1v) is 6.93. The number of benzene rings is 2. The number of ether oxygens (including phenoxy) is 1. The number of carbonyl (C=O) groups is 2. The Morgan fingerprint density at radius 2 is 1.83 bits per heavy atom. The molecule has 1 N–H and O–H groups in total. The molecular weight excluding hydrogens is 294 g/mol. The van der Waals surface area contributed by atoms with Gasteiger partial charge in [0.2, 0.25) is 0 Å². The maximum atomic E-state index is 12.0. The summed E-state index contributed by atoms with van der Waals surface area (Å²) in [5.41, 5.74) is 5.30. The zero-order valence-electron chi connectivity index (χ0n) is 13.0. The lowest BCUT2D eigenvalue weighted by Crippen LogP contribution is -2.21. The number of Topliss-reactive ketones (excluding diaryl/α,β-unsaturated/α-hetero) is 1. The van der Waals surface area contributed by atoms with E-state index in [1.54, 1.807) is 18.2 Å². The molecule has 0 fully saturated rings. The summed E-state index contributed by atoms with van der Waals surface area (Å²) in [5.74, 6) is -1.50. The number of hydrogen-bond acceptors (Lipinski definition) is 5. The van der Waals surface area contributed by atoms with Crippen LogP contribution in [-0.2, 0) is 9.53 Å². The number of methoxy groups -OCH3 is 1. The predicted octanol–water partition coefficient (Wildman–Crippen LogP) is 2.91. The van der Waals surface area contributed by atoms with E-state index in [0.717, 1.165) is 18.2 Å². The second kappa shape index (κ2) is 7.26. The van der Waals surface area contributed by atoms with E-state index >= 15 is 0 Å². The van der Waals surface area contributed by atoms with Crippen LogP contribution in [0.4, 0.5) is 0 Å². The van der Waals surface area contributed by atoms with Gasteiger partial charge in [0.15, 0.2) is 5.75 Å². The molecule has 0 radical (unpaired) electrons. The first-order chi connectivity index (χ1) is 11.0. The molecule has 5 nitrogen and oxygen atoms in total. The minimum atomic E-state index is -0.946. The van der Waals surface area contributed by atoms with Crippen LogP contribution in [0.3, 0.4) is 0 Å². The van der Waals surface area contributed by atoms with Crippen molar-refractivity contribution in [3.8, 4) is 5.75 Å². The number of esters is 1. The lowest BCUT2D eigenvalue weighted by molar-refractivity contribution is -0.135. The van der Waals surface area contributed by atoms with E-state index in [-0.39, 0.29) is 11.3 Å². The van der Waals surface area contributed by atoms with Gasteiger partial charge in [0.25, 0.3) is 5.78 Å². The molecule has 2 aromatic rings. The third-order valence-electron chi connectivity index (χ3n) is 3.15. The number of rotatable bonds is 6. The second-order valence-electron chi connectivity index (χ2n) is 4.87. The quantitative estimate of drug-likeness (QED) is 0.384. The molecule has 0 aliphatic heterocycles. The number of carbonyl (C=O) groups excluding carboxylic acids is 2. The Bertz CT molecular complexity index is 752. The van der Waals surface area contributed by atoms with Gasteiger partial charge in [-0.05, 0) is 25.1 Å². The van der Waals surface area contributed by atoms with Crippen molar-refractivity contribution < 1.29 is 19.2 Å². The van der Waals surface area contributed by atoms with E-state index in [2.05, 4.69) is 16.8 Å². The maximum absolute atomic E-state index is 12.0. The standard InChI is InChI=1S/C18H17NO4/c1-12-7-6-8-14(11-12)13(2)19-23-16-10-5-4-9-15(16)17(20)18(21)22-3/h4-11,19H,2H2,1,3H3. The number of para-hydroxylation sites is 1. The van der Waals surface area contributed by atoms with Gasteiger partial charge in [-0.2, -0.15) is 0 Å². The molecule has 0 bridgehead atoms. The molecule has 5 heteroatoms. The second-order valence-corrected chi connectivity index (χ2v) is 4.87. The van der Waals surface area contributed by atoms with E-state index in [1.165, 1.54) is 6.07 Å². The van der Waals surface area contributed by atoms with Crippen LogP contribution in [0.15, 0.2) is 55.1 Å². The van der Waals surface area contributed by atoms with Crippen LogP contribution in [0.25, 0.3) is 5.70 Å². The van der Waals surface area contributed by atoms with Gasteiger partial charge in [0.05, 0.1) is 18.4 Å². The van der Waals surface area contributed by atoms with Crippen molar-refractivity contribution in [2.24, 2.45) is 0 Å². The minimum Gasteiger partial charge on any atom is -0.463 e. The van der Waals surface area contributed by atoms with Crippen LogP contribution < -0.4 is 10.3 Å². The number of hydrogen-bond donors (Lipinski definition) is 1. The van der Waals surface area contributed by atoms with Gasteiger partial charge in [-0.1, -0.05) is 42.5 Å². The van der Waals surface area contributed by atoms with Crippen LogP contribution in [0.5, 0.6) is 5.75 Å². The molecule has 0 atom stereocenters. The largest absolute Gasteiger partial charge is 0.463 e. The third kappa shape index (κ3) is 3.97. The summed E-state index contributed by atoms with van der Waals surface area (Å²) in [5, 5.41) is 0. The summed E-state index contributed by atoms with van der Waals surface area (Å²) in [4.78, 5) is 28.8. The van der Waals surface area contributed by atoms with Gasteiger partial charge in [0, 0.05) is 5.56 Å². The maximum Gasteiger partial charge on any atom is 0.379 e. The van der Waals surface area contributed by atoms with Crippen LogP contribution in [0.2, 0.25) is 0 Å². The fourth-order valence-electron chi connectivity index (χ4n) is 1.95. The van der Waals surface area contributed by atoms with Gasteiger partial charge in [-0.25, -0.2) is 10.3 Å². The summed E-state index contributed by atoms with van der Waals surface area (Å²) in [6.45, 7) is 5.87. The minimum absolute atomic E-state index is 0.115. The predicted molar refractivity (Wildman–Crippen MR) is 86.8 cm³/mol. The number of nitrogens with one attached hydrogen (secondary N) is 1. The molecule has 2 rings (SSSR count). The zero-order chi connectivity index (χ0) is 16.8. The summed E-state index contributed by atoms with van der Waals surface area (Å²) in [7, 11) is 1.15. The Hall–Kier alpha value is -3.08. The topological polar surface area (TPSA) is 64.6 Å². The van der Waals surface area contributed by atoms with Crippen molar-refractivity contribution in [2.75, 3.05) is 7.11 Å². The van der Waals surface area contributed by atoms with E-state index in [0.29, 0.717) is 5.70 Å². The Labute approximate surface area is 134 Å². The van der Waals surface area contributed by atoms with Crippen molar-refractivity contribution in [1.29, 1.82) is 0 Å². The molecule has 0 heterocycles. The van der Waals surface area contributed by atoms with Crippen molar-refractivity contribution in [3.63, 3.8) is 0 Å². The Kier molecular flexibility index (Phi) is 5.15. The average Bonchev–Trinajstić information content (AvgIpc) is 2.58. The Morgan fingerprint density at radius 1 is 1.09 bits per heavy atom. The number of aryl methyl sites for hydroxylation is 1. The van der Waals surface area contributed by atoms with Crippen molar-refractivity contribution in [1.82, 2.24) is 5.48 Å². The van der Waals surface area contributed by atoms with E-state index in [1.807, 2.05) is 31.2 Å². The van der Waals surface area contributed by atoms with Gasteiger partial charge in [0.1, 0.15) is 0 Å². The molecule has 0 spiro atoms. The van der Waals surface area contributed by atoms with Crippen molar-refractivity contribution >= 4 is 17.4 Å². The zero-order valence-corrected chi connectivity index (χ0v) is 13.0. The van der Waals surface area contributed by atoms with Crippen LogP contribution in [-0.4, -0.2) is 18.9 Å². The first-order valence-electron chi connectivity index (χ1n) is 6.93. The number of hydroxylamine groups is 1. The summed E-state index contributed by atoms with van der Waals surface area (Å²) < 4.78 is 4.45. The molecular formula is C18H17NO4. The molecule has 0 aliphatic carbocycles. The van der Waals surface area contributed by atoms with Gasteiger partial charge in [-0.15, -0.1) is 0 Å². The molecule has 0 unspecified atom stereocenters. The van der Waals surface area contributed by atoms with Crippen LogP contribution in [0, 0.1) is 6.92 Å². The molecule has 23 heavy (non-hydrogen) atoms. The fraction of sp³-hybridized carbons (Fsp3) is 0.111. The summed E-state index contributed by atoms with van der Waals surface area (Å²) in [6.07, 6.45) is 0. The average molecular weight is 311 g/mol. The highest BCUT2D eigenvalue weighted by Crippen LogP contribution is 2.19. The van der Waals surface area contributed by atoms with Crippen LogP contribution in [0.1, 0.15) is 21.5 Å². The highest BCUT2D eigenvalue weighted by atomic mass is 16.6. The molecule has 0 saturated heterocycles. The normalized spacial score (nSPS) is 9.83. The first kappa shape index (κ1) is 16.3. The van der Waals surface area contributed by atoms with Crippen molar-refractivity contribution in [2.45, 2.75) is 6.92 Å². The summed E-state index contributed by atoms with van der Waals surface area (Å²) >= 11 is 0. The van der Waals surface area contributed by atoms with Crippen molar-refractivity contribution in [3.05, 3.63) is 71.8 Å². The molecule has 2 aromatic carbocycles. The van der Waals surface area contributed by atoms with Crippen LogP contribution >= 0.6 is 0 Å². The smallest absolute Gasteiger partial charge is 0.379 e. The third-order valence-corrected chi connectivity index (χ3v) is 3.15. The molecule has 0 aromatic heterocycles. The molecule has 0 saturated carbocycles. The monoisotopic (exact) mass is 311 g/mol. The van der Waals surface area contributed by atoms with Gasteiger partial charge < -0.3 is 9.57 Å². The van der Waals surface area contributed by atoms with Gasteiger partial charge >= 0.3 is 5.97 Å². The highest BCUT2D eigenvalue weighted by molar-refractivity contribution is 6.41. The molecule has 118 valence electrons. The van der Waals surface area contributed by atoms with E-state index < -0.39 is 11.8 Å². The van der Waals surface area contributed by atoms with E-state index in [4.69, 9.17) is 4.84 Å². The fourth-order valence-corrected chi connectivity index (χ4v) is 1.95. The Morgan fingerprint density at radius 3 is 2.52 bits per heavy atom. The molecule has 0 amide bonds. The summed E-state index contributed by atoms with van der Waals surface area (Å²) in [6, 6.07) is 14.1. The lowest BCUT2D eigenvalue weighted by atomic mass is 10.1. The Balaban J connectivity index is 2.13. The number of ketones is 1. The molecule has 0 aliphatic rings. The highest BCUT2D eigenvalue weighted by Gasteiger charge is 2.21. The lowest BCUT2D eigenvalue weighted by Gasteiger charge is -2.13. The van der Waals surface area contributed by atoms with Gasteiger partial charge in [-0.3, -0.25) is 4.79 Å². The SMILES string of the molecule is C=C(NOc1ccccc1C(=O)C(=O)OC)c1cccc(C)c1. The van der Waals surface area contributed by atoms with E-state index in [9.17, 15) is 9.59 Å².